The van der Waals surface area contributed by atoms with Gasteiger partial charge >= 0.3 is 11.9 Å². The maximum Gasteiger partial charge on any atom is 0.311 e. The van der Waals surface area contributed by atoms with E-state index in [0.717, 1.165) is 14.3 Å². The molecule has 2 aliphatic heterocycles. The van der Waals surface area contributed by atoms with Gasteiger partial charge < -0.3 is 24.4 Å². The fraction of sp³-hybridized carbons (Fsp3) is 0.559. The molecule has 2 aromatic rings. The van der Waals surface area contributed by atoms with Gasteiger partial charge in [-0.25, -0.2) is 0 Å². The van der Waals surface area contributed by atoms with Crippen LogP contribution in [0.1, 0.15) is 58.8 Å². The number of aliphatic hydroxyl groups is 2. The Morgan fingerprint density at radius 1 is 1.11 bits per heavy atom. The summed E-state index contributed by atoms with van der Waals surface area (Å²) < 4.78 is 18.3. The van der Waals surface area contributed by atoms with E-state index >= 15 is 0 Å². The zero-order valence-corrected chi connectivity index (χ0v) is 28.1. The van der Waals surface area contributed by atoms with E-state index < -0.39 is 69.7 Å². The minimum atomic E-state index is -2.35. The molecule has 2 N–H and O–H groups in total. The van der Waals surface area contributed by atoms with Crippen molar-refractivity contribution in [2.75, 3.05) is 6.61 Å². The van der Waals surface area contributed by atoms with Gasteiger partial charge in [-0.3, -0.25) is 19.2 Å². The highest BCUT2D eigenvalue weighted by Gasteiger charge is 2.88. The molecule has 2 spiro atoms. The summed E-state index contributed by atoms with van der Waals surface area (Å²) >= 11 is 5.19. The average Bonchev–Trinajstić information content (AvgIpc) is 3.49. The third-order valence-corrected chi connectivity index (χ3v) is 14.4. The summed E-state index contributed by atoms with van der Waals surface area (Å²) in [5.41, 5.74) is -2.35. The molecule has 0 radical (unpaired) electrons. The molecule has 6 aliphatic rings. The van der Waals surface area contributed by atoms with Crippen LogP contribution < -0.4 is 4.74 Å². The number of ketones is 2. The van der Waals surface area contributed by atoms with Gasteiger partial charge in [0.15, 0.2) is 5.78 Å². The summed E-state index contributed by atoms with van der Waals surface area (Å²) in [6.45, 7) is 7.88. The minimum Gasteiger partial charge on any atom is -0.460 e. The Kier molecular flexibility index (Phi) is 7.62. The van der Waals surface area contributed by atoms with Crippen molar-refractivity contribution in [1.82, 2.24) is 0 Å². The van der Waals surface area contributed by atoms with Crippen LogP contribution in [-0.4, -0.2) is 58.3 Å². The van der Waals surface area contributed by atoms with Gasteiger partial charge in [-0.05, 0) is 78.5 Å². The summed E-state index contributed by atoms with van der Waals surface area (Å²) in [4.78, 5) is 54.9. The number of carbonyl (C=O) groups excluding carboxylic acids is 4. The van der Waals surface area contributed by atoms with Crippen LogP contribution in [0.5, 0.6) is 5.75 Å². The van der Waals surface area contributed by atoms with Crippen LogP contribution in [0.4, 0.5) is 0 Å². The number of hydrogen-bond acceptors (Lipinski definition) is 12. The molecule has 0 amide bonds. The lowest BCUT2D eigenvalue weighted by atomic mass is 9.36. The van der Waals surface area contributed by atoms with E-state index in [-0.39, 0.29) is 43.6 Å². The zero-order chi connectivity index (χ0) is 32.8. The Morgan fingerprint density at radius 2 is 1.83 bits per heavy atom. The van der Waals surface area contributed by atoms with Crippen LogP contribution >= 0.6 is 32.9 Å². The lowest BCUT2D eigenvalue weighted by Gasteiger charge is -2.72. The van der Waals surface area contributed by atoms with E-state index in [9.17, 15) is 29.4 Å². The summed E-state index contributed by atoms with van der Waals surface area (Å²) in [6.07, 6.45) is -1.02. The fourth-order valence-corrected chi connectivity index (χ4v) is 12.0. The van der Waals surface area contributed by atoms with Crippen LogP contribution in [0.15, 0.2) is 42.5 Å². The van der Waals surface area contributed by atoms with E-state index in [2.05, 4.69) is 6.58 Å². The molecule has 4 aliphatic carbocycles. The number of ether oxygens (including phenoxy) is 3. The normalized spacial score (nSPS) is 37.0. The van der Waals surface area contributed by atoms with Crippen LogP contribution in [0.2, 0.25) is 0 Å². The molecule has 9 nitrogen and oxygen atoms in total. The number of esters is 2. The van der Waals surface area contributed by atoms with Crippen LogP contribution in [0, 0.1) is 37.8 Å². The maximum absolute atomic E-state index is 14.2. The number of hydrogen-bond donors (Lipinski definition) is 2. The van der Waals surface area contributed by atoms with Gasteiger partial charge in [-0.2, -0.15) is 0 Å². The van der Waals surface area contributed by atoms with Crippen LogP contribution in [0.25, 0.3) is 10.4 Å². The predicted octanol–water partition coefficient (Wildman–Crippen LogP) is 5.43. The second kappa shape index (κ2) is 11.0. The molecule has 4 saturated carbocycles. The Bertz CT molecular complexity index is 1710. The van der Waals surface area contributed by atoms with Gasteiger partial charge in [0, 0.05) is 36.0 Å². The summed E-state index contributed by atoms with van der Waals surface area (Å²) in [5.74, 6) is -5.60. The Hall–Kier alpha value is -2.61. The lowest BCUT2D eigenvalue weighted by Crippen LogP contribution is -2.85. The molecule has 3 heterocycles. The van der Waals surface area contributed by atoms with Gasteiger partial charge in [0.05, 0.1) is 12.0 Å². The molecule has 2 saturated heterocycles. The number of benzene rings is 1. The topological polar surface area (TPSA) is 136 Å². The summed E-state index contributed by atoms with van der Waals surface area (Å²) in [6, 6.07) is 9.03. The van der Waals surface area contributed by atoms with Gasteiger partial charge in [0.1, 0.15) is 33.0 Å². The van der Waals surface area contributed by atoms with E-state index in [4.69, 9.17) is 26.4 Å². The number of aliphatic hydroxyl groups excluding tert-OH is 1. The molecule has 6 fully saturated rings. The van der Waals surface area contributed by atoms with Crippen molar-refractivity contribution >= 4 is 56.4 Å². The van der Waals surface area contributed by atoms with Gasteiger partial charge in [-0.15, -0.1) is 0 Å². The number of carbonyl (C=O) groups is 4. The van der Waals surface area contributed by atoms with Crippen molar-refractivity contribution in [1.29, 1.82) is 0 Å². The monoisotopic (exact) mass is 684 g/mol. The minimum absolute atomic E-state index is 0.0452. The van der Waals surface area contributed by atoms with Crippen molar-refractivity contribution in [3.63, 3.8) is 0 Å². The quantitative estimate of drug-likeness (QED) is 0.128. The zero-order valence-electron chi connectivity index (χ0n) is 25.6. The SMILES string of the molecule is C=C1C(=O)[C@]23[C@H](OC(=O)CCCC(=O)Oc4ccc(-c5cc(=S)ss5)cc4)[C@H]1CC[C@H]2[C@@]12CO[C@]3(O)[C@@H](O)[C@@H]1C(C)(C)CCC2=O. The molecule has 1 aromatic carbocycles. The number of Topliss-reactive ketones (excluding diaryl/α,β-unsaturated/α-hetero) is 2. The smallest absolute Gasteiger partial charge is 0.311 e. The summed E-state index contributed by atoms with van der Waals surface area (Å²) in [5, 5.41) is 24.1. The first kappa shape index (κ1) is 32.0. The van der Waals surface area contributed by atoms with Crippen molar-refractivity contribution in [2.24, 2.45) is 34.0 Å². The molecule has 8 rings (SSSR count). The van der Waals surface area contributed by atoms with Crippen LogP contribution in [0.3, 0.4) is 0 Å². The third-order valence-electron chi connectivity index (χ3n) is 11.5. The number of rotatable bonds is 7. The van der Waals surface area contributed by atoms with Crippen molar-refractivity contribution < 1.29 is 43.6 Å². The highest BCUT2D eigenvalue weighted by Crippen LogP contribution is 2.76. The number of fused-ring (bicyclic) bond motifs is 2. The second-order valence-electron chi connectivity index (χ2n) is 14.1. The molecule has 1 aromatic heterocycles. The lowest BCUT2D eigenvalue weighted by molar-refractivity contribution is -0.437. The fourth-order valence-electron chi connectivity index (χ4n) is 9.58. The Labute approximate surface area is 278 Å². The van der Waals surface area contributed by atoms with Gasteiger partial charge in [-0.1, -0.05) is 53.3 Å². The first-order valence-electron chi connectivity index (χ1n) is 15.7. The highest BCUT2D eigenvalue weighted by atomic mass is 32.9. The first-order chi connectivity index (χ1) is 21.8. The average molecular weight is 685 g/mol. The molecule has 0 unspecified atom stereocenters. The highest BCUT2D eigenvalue weighted by molar-refractivity contribution is 7.80. The van der Waals surface area contributed by atoms with Gasteiger partial charge in [0.25, 0.3) is 0 Å². The maximum atomic E-state index is 14.2. The Morgan fingerprint density at radius 3 is 2.52 bits per heavy atom. The molecule has 46 heavy (non-hydrogen) atoms. The van der Waals surface area contributed by atoms with Crippen molar-refractivity contribution in [3.05, 3.63) is 46.3 Å². The molecule has 12 heteroatoms. The Balaban J connectivity index is 1.06. The first-order valence-corrected chi connectivity index (χ1v) is 18.3. The molecule has 8 atom stereocenters. The van der Waals surface area contributed by atoms with E-state index in [1.807, 2.05) is 32.0 Å². The van der Waals surface area contributed by atoms with E-state index in [0.29, 0.717) is 25.0 Å². The second-order valence-corrected chi connectivity index (χ2v) is 17.0. The van der Waals surface area contributed by atoms with Crippen molar-refractivity contribution in [2.45, 2.75) is 76.8 Å². The third kappa shape index (κ3) is 4.29. The largest absolute Gasteiger partial charge is 0.460 e. The molecule has 4 bridgehead atoms. The van der Waals surface area contributed by atoms with Gasteiger partial charge in [0.2, 0.25) is 5.79 Å². The van der Waals surface area contributed by atoms with Crippen molar-refractivity contribution in [3.8, 4) is 16.2 Å². The molecular formula is C34H36O9S3. The molecule has 244 valence electrons. The standard InChI is InChI=1S/C34H36O9S3/c1-17-20-11-12-22-32-16-41-34(40,29(39)27(32)31(2,3)14-13-23(32)35)33(22,28(17)38)30(20)43-25(37)6-4-5-24(36)42-19-9-7-18(8-10-19)21-15-26(44)46-45-21/h7-10,15,20,22,27,29-30,39-40H,1,4-6,11-14,16H2,2-3H3/t20-,22-,27+,29-,30+,32+,33-,34+/m0/s1. The van der Waals surface area contributed by atoms with E-state index in [1.165, 1.54) is 10.3 Å². The summed E-state index contributed by atoms with van der Waals surface area (Å²) in [7, 11) is 3.10. The molecular weight excluding hydrogens is 649 g/mol. The van der Waals surface area contributed by atoms with Crippen LogP contribution in [-0.2, 0) is 28.7 Å². The van der Waals surface area contributed by atoms with E-state index in [1.54, 1.807) is 22.5 Å². The predicted molar refractivity (Wildman–Crippen MR) is 171 cm³/mol.